The van der Waals surface area contributed by atoms with Gasteiger partial charge in [0.15, 0.2) is 0 Å². The highest BCUT2D eigenvalue weighted by molar-refractivity contribution is 5.93. The van der Waals surface area contributed by atoms with Gasteiger partial charge < -0.3 is 10.2 Å². The van der Waals surface area contributed by atoms with Crippen LogP contribution < -0.4 is 5.32 Å². The molecule has 1 amide bonds. The molecule has 0 aliphatic carbocycles. The van der Waals surface area contributed by atoms with Crippen LogP contribution in [0.3, 0.4) is 0 Å². The fourth-order valence-corrected chi connectivity index (χ4v) is 2.01. The number of carbonyl (C=O) groups is 1. The number of likely N-dealkylation sites (N-methyl/N-ethyl adjacent to an activating group) is 1. The van der Waals surface area contributed by atoms with E-state index >= 15 is 0 Å². The number of nitrogens with one attached hydrogen (secondary N) is 1. The van der Waals surface area contributed by atoms with E-state index in [4.69, 9.17) is 0 Å². The van der Waals surface area contributed by atoms with Crippen LogP contribution in [0.5, 0.6) is 0 Å². The number of rotatable bonds is 4. The van der Waals surface area contributed by atoms with Crippen molar-refractivity contribution in [1.29, 1.82) is 0 Å². The molecule has 0 atom stereocenters. The molecular weight excluding hydrogens is 247 g/mol. The number of carbonyl (C=O) groups excluding carboxylic acids is 1. The van der Waals surface area contributed by atoms with Crippen LogP contribution in [-0.4, -0.2) is 67.0 Å². The van der Waals surface area contributed by atoms with Gasteiger partial charge in [0.05, 0.1) is 5.56 Å². The van der Waals surface area contributed by atoms with Crippen molar-refractivity contribution in [3.8, 4) is 0 Å². The van der Waals surface area contributed by atoms with Gasteiger partial charge >= 0.3 is 0 Å². The predicted octanol–water partition coefficient (Wildman–Crippen LogP) is 0.198. The second-order valence-electron chi connectivity index (χ2n) is 4.77. The average molecular weight is 266 g/mol. The van der Waals surface area contributed by atoms with Crippen LogP contribution in [0.1, 0.15) is 10.4 Å². The van der Waals surface area contributed by atoms with Gasteiger partial charge in [-0.05, 0) is 19.2 Å². The first-order valence-electron chi connectivity index (χ1n) is 6.46. The number of halogens is 1. The van der Waals surface area contributed by atoms with Crippen LogP contribution in [0.4, 0.5) is 4.39 Å². The van der Waals surface area contributed by atoms with E-state index in [2.05, 4.69) is 27.1 Å². The van der Waals surface area contributed by atoms with E-state index in [0.717, 1.165) is 32.7 Å². The Morgan fingerprint density at radius 3 is 2.74 bits per heavy atom. The van der Waals surface area contributed by atoms with E-state index < -0.39 is 5.95 Å². The number of piperazine rings is 1. The molecule has 0 saturated carbocycles. The Morgan fingerprint density at radius 2 is 2.11 bits per heavy atom. The zero-order valence-corrected chi connectivity index (χ0v) is 11.1. The molecule has 0 bridgehead atoms. The number of pyridine rings is 1. The Balaban J connectivity index is 1.70. The van der Waals surface area contributed by atoms with Gasteiger partial charge in [-0.25, -0.2) is 4.98 Å². The first-order chi connectivity index (χ1) is 9.15. The van der Waals surface area contributed by atoms with Crippen LogP contribution in [-0.2, 0) is 0 Å². The molecular formula is C13H19FN4O. The van der Waals surface area contributed by atoms with Gasteiger partial charge in [-0.3, -0.25) is 9.69 Å². The van der Waals surface area contributed by atoms with Gasteiger partial charge in [-0.1, -0.05) is 0 Å². The molecule has 0 radical (unpaired) electrons. The summed E-state index contributed by atoms with van der Waals surface area (Å²) in [5.41, 5.74) is 0.389. The van der Waals surface area contributed by atoms with Gasteiger partial charge in [-0.15, -0.1) is 0 Å². The maximum absolute atomic E-state index is 12.6. The van der Waals surface area contributed by atoms with Crippen LogP contribution in [0, 0.1) is 5.95 Å². The highest BCUT2D eigenvalue weighted by atomic mass is 19.1. The van der Waals surface area contributed by atoms with E-state index in [-0.39, 0.29) is 5.91 Å². The van der Waals surface area contributed by atoms with Crippen molar-refractivity contribution in [2.24, 2.45) is 0 Å². The standard InChI is InChI=1S/C13H19FN4O/c1-17-6-8-18(9-7-17)5-4-15-13(19)11-2-3-12(14)16-10-11/h2-3,10H,4-9H2,1H3,(H,15,19). The van der Waals surface area contributed by atoms with Crippen molar-refractivity contribution < 1.29 is 9.18 Å². The third-order valence-corrected chi connectivity index (χ3v) is 3.30. The first kappa shape index (κ1) is 13.9. The summed E-state index contributed by atoms with van der Waals surface area (Å²) in [5, 5.41) is 2.82. The smallest absolute Gasteiger partial charge is 0.252 e. The summed E-state index contributed by atoms with van der Waals surface area (Å²) in [6, 6.07) is 2.63. The molecule has 0 spiro atoms. The predicted molar refractivity (Wildman–Crippen MR) is 70.5 cm³/mol. The summed E-state index contributed by atoms with van der Waals surface area (Å²) in [7, 11) is 2.11. The Bertz CT molecular complexity index is 415. The van der Waals surface area contributed by atoms with Gasteiger partial charge in [-0.2, -0.15) is 4.39 Å². The number of nitrogens with zero attached hydrogens (tertiary/aromatic N) is 3. The van der Waals surface area contributed by atoms with E-state index in [1.165, 1.54) is 18.3 Å². The Hall–Kier alpha value is -1.53. The quantitative estimate of drug-likeness (QED) is 0.791. The minimum absolute atomic E-state index is 0.207. The first-order valence-corrected chi connectivity index (χ1v) is 6.46. The van der Waals surface area contributed by atoms with Crippen molar-refractivity contribution in [2.45, 2.75) is 0 Å². The lowest BCUT2D eigenvalue weighted by Gasteiger charge is -2.32. The van der Waals surface area contributed by atoms with E-state index in [1.54, 1.807) is 0 Å². The van der Waals surface area contributed by atoms with Crippen LogP contribution in [0.2, 0.25) is 0 Å². The molecule has 1 fully saturated rings. The summed E-state index contributed by atoms with van der Waals surface area (Å²) in [4.78, 5) is 19.8. The molecule has 19 heavy (non-hydrogen) atoms. The summed E-state index contributed by atoms with van der Waals surface area (Å²) >= 11 is 0. The highest BCUT2D eigenvalue weighted by Gasteiger charge is 2.13. The average Bonchev–Trinajstić information content (AvgIpc) is 2.41. The van der Waals surface area contributed by atoms with Gasteiger partial charge in [0.2, 0.25) is 5.95 Å². The normalized spacial score (nSPS) is 17.4. The lowest BCUT2D eigenvalue weighted by Crippen LogP contribution is -2.46. The third kappa shape index (κ3) is 4.25. The van der Waals surface area contributed by atoms with Crippen LogP contribution in [0.15, 0.2) is 18.3 Å². The maximum atomic E-state index is 12.6. The maximum Gasteiger partial charge on any atom is 0.252 e. The second-order valence-corrected chi connectivity index (χ2v) is 4.77. The van der Waals surface area contributed by atoms with E-state index in [0.29, 0.717) is 12.1 Å². The number of aromatic nitrogens is 1. The molecule has 1 saturated heterocycles. The van der Waals surface area contributed by atoms with E-state index in [1.807, 2.05) is 0 Å². The number of hydrogen-bond donors (Lipinski definition) is 1. The highest BCUT2D eigenvalue weighted by Crippen LogP contribution is 2.00. The second kappa shape index (κ2) is 6.58. The molecule has 1 aliphatic heterocycles. The molecule has 5 nitrogen and oxygen atoms in total. The molecule has 0 aromatic carbocycles. The minimum Gasteiger partial charge on any atom is -0.351 e. The Labute approximate surface area is 112 Å². The largest absolute Gasteiger partial charge is 0.351 e. The van der Waals surface area contributed by atoms with Crippen molar-refractivity contribution in [3.05, 3.63) is 29.8 Å². The van der Waals surface area contributed by atoms with Gasteiger partial charge in [0.25, 0.3) is 5.91 Å². The van der Waals surface area contributed by atoms with Crippen LogP contribution >= 0.6 is 0 Å². The van der Waals surface area contributed by atoms with Crippen molar-refractivity contribution in [2.75, 3.05) is 46.3 Å². The molecule has 6 heteroatoms. The summed E-state index contributed by atoms with van der Waals surface area (Å²) in [5.74, 6) is -0.782. The molecule has 104 valence electrons. The van der Waals surface area contributed by atoms with Crippen molar-refractivity contribution in [3.63, 3.8) is 0 Å². The molecule has 0 unspecified atom stereocenters. The van der Waals surface area contributed by atoms with Crippen molar-refractivity contribution in [1.82, 2.24) is 20.1 Å². The van der Waals surface area contributed by atoms with E-state index in [9.17, 15) is 9.18 Å². The number of amides is 1. The van der Waals surface area contributed by atoms with Crippen LogP contribution in [0.25, 0.3) is 0 Å². The fourth-order valence-electron chi connectivity index (χ4n) is 2.01. The van der Waals surface area contributed by atoms with Gasteiger partial charge in [0, 0.05) is 45.5 Å². The summed E-state index contributed by atoms with van der Waals surface area (Å²) in [6.45, 7) is 5.63. The molecule has 1 aromatic heterocycles. The zero-order chi connectivity index (χ0) is 13.7. The topological polar surface area (TPSA) is 48.5 Å². The molecule has 1 N–H and O–H groups in total. The molecule has 1 aliphatic rings. The SMILES string of the molecule is CN1CCN(CCNC(=O)c2ccc(F)nc2)CC1. The summed E-state index contributed by atoms with van der Waals surface area (Å²) in [6.07, 6.45) is 1.25. The van der Waals surface area contributed by atoms with Gasteiger partial charge in [0.1, 0.15) is 0 Å². The molecule has 2 rings (SSSR count). The lowest BCUT2D eigenvalue weighted by molar-refractivity contribution is 0.0940. The fraction of sp³-hybridized carbons (Fsp3) is 0.538. The third-order valence-electron chi connectivity index (χ3n) is 3.30. The lowest BCUT2D eigenvalue weighted by atomic mass is 10.2. The van der Waals surface area contributed by atoms with Crippen molar-refractivity contribution >= 4 is 5.91 Å². The number of hydrogen-bond acceptors (Lipinski definition) is 4. The Morgan fingerprint density at radius 1 is 1.37 bits per heavy atom. The minimum atomic E-state index is -0.575. The summed E-state index contributed by atoms with van der Waals surface area (Å²) < 4.78 is 12.6. The Kier molecular flexibility index (Phi) is 4.81. The monoisotopic (exact) mass is 266 g/mol. The zero-order valence-electron chi connectivity index (χ0n) is 11.1. The molecule has 1 aromatic rings. The molecule has 2 heterocycles.